The van der Waals surface area contributed by atoms with E-state index in [0.717, 1.165) is 39.0 Å². The van der Waals surface area contributed by atoms with Crippen molar-refractivity contribution in [3.05, 3.63) is 0 Å². The average Bonchev–Trinajstić information content (AvgIpc) is 2.70. The number of hydrogen-bond donors (Lipinski definition) is 2. The quantitative estimate of drug-likeness (QED) is 0.612. The standard InChI is InChI=1S/C11H22N2O2/c1-2-5-12-6-7-13-11(14)9-10-4-3-8-15-10/h10,12H,2-9H2,1H3,(H,13,14). The van der Waals surface area contributed by atoms with E-state index in [1.165, 1.54) is 0 Å². The predicted octanol–water partition coefficient (Wildman–Crippen LogP) is 0.671. The molecule has 2 N–H and O–H groups in total. The van der Waals surface area contributed by atoms with Crippen LogP contribution in [0.1, 0.15) is 32.6 Å². The van der Waals surface area contributed by atoms with Gasteiger partial charge < -0.3 is 15.4 Å². The smallest absolute Gasteiger partial charge is 0.222 e. The predicted molar refractivity (Wildman–Crippen MR) is 59.8 cm³/mol. The number of carbonyl (C=O) groups excluding carboxylic acids is 1. The van der Waals surface area contributed by atoms with Gasteiger partial charge in [0.25, 0.3) is 0 Å². The van der Waals surface area contributed by atoms with E-state index in [2.05, 4.69) is 17.6 Å². The Morgan fingerprint density at radius 3 is 2.93 bits per heavy atom. The number of rotatable bonds is 7. The molecular formula is C11H22N2O2. The van der Waals surface area contributed by atoms with Crippen LogP contribution in [0.5, 0.6) is 0 Å². The van der Waals surface area contributed by atoms with Crippen molar-refractivity contribution in [1.82, 2.24) is 10.6 Å². The van der Waals surface area contributed by atoms with Gasteiger partial charge in [-0.3, -0.25) is 4.79 Å². The second kappa shape index (κ2) is 7.65. The van der Waals surface area contributed by atoms with Crippen LogP contribution in [0.2, 0.25) is 0 Å². The molecule has 0 bridgehead atoms. The lowest BCUT2D eigenvalue weighted by Gasteiger charge is -2.09. The van der Waals surface area contributed by atoms with E-state index < -0.39 is 0 Å². The summed E-state index contributed by atoms with van der Waals surface area (Å²) in [7, 11) is 0. The molecule has 0 saturated carbocycles. The Kier molecular flexibility index (Phi) is 6.36. The van der Waals surface area contributed by atoms with Crippen molar-refractivity contribution in [3.8, 4) is 0 Å². The third kappa shape index (κ3) is 5.74. The first-order chi connectivity index (χ1) is 7.33. The third-order valence-corrected chi connectivity index (χ3v) is 2.49. The monoisotopic (exact) mass is 214 g/mol. The fourth-order valence-corrected chi connectivity index (χ4v) is 1.68. The fraction of sp³-hybridized carbons (Fsp3) is 0.909. The highest BCUT2D eigenvalue weighted by atomic mass is 16.5. The van der Waals surface area contributed by atoms with Crippen molar-refractivity contribution in [2.75, 3.05) is 26.2 Å². The molecule has 1 saturated heterocycles. The van der Waals surface area contributed by atoms with Crippen LogP contribution in [0, 0.1) is 0 Å². The minimum atomic E-state index is 0.111. The molecule has 4 heteroatoms. The van der Waals surface area contributed by atoms with Crippen LogP contribution in [0.15, 0.2) is 0 Å². The summed E-state index contributed by atoms with van der Waals surface area (Å²) in [5.41, 5.74) is 0. The molecule has 4 nitrogen and oxygen atoms in total. The zero-order chi connectivity index (χ0) is 10.9. The van der Waals surface area contributed by atoms with Gasteiger partial charge in [-0.05, 0) is 25.8 Å². The van der Waals surface area contributed by atoms with Crippen molar-refractivity contribution in [2.24, 2.45) is 0 Å². The summed E-state index contributed by atoms with van der Waals surface area (Å²) < 4.78 is 5.39. The molecule has 0 spiro atoms. The van der Waals surface area contributed by atoms with E-state index in [9.17, 15) is 4.79 Å². The molecule has 15 heavy (non-hydrogen) atoms. The molecule has 1 aliphatic rings. The van der Waals surface area contributed by atoms with E-state index in [4.69, 9.17) is 4.74 Å². The van der Waals surface area contributed by atoms with Crippen LogP contribution in [-0.2, 0) is 9.53 Å². The minimum absolute atomic E-state index is 0.111. The number of amides is 1. The number of carbonyl (C=O) groups is 1. The third-order valence-electron chi connectivity index (χ3n) is 2.49. The average molecular weight is 214 g/mol. The van der Waals surface area contributed by atoms with Gasteiger partial charge in [-0.25, -0.2) is 0 Å². The Balaban J connectivity index is 1.93. The van der Waals surface area contributed by atoms with E-state index in [1.807, 2.05) is 0 Å². The Labute approximate surface area is 91.8 Å². The molecule has 1 fully saturated rings. The minimum Gasteiger partial charge on any atom is -0.378 e. The zero-order valence-electron chi connectivity index (χ0n) is 9.55. The molecule has 1 heterocycles. The molecule has 1 aliphatic heterocycles. The maximum atomic E-state index is 11.4. The van der Waals surface area contributed by atoms with Crippen LogP contribution in [0.25, 0.3) is 0 Å². The highest BCUT2D eigenvalue weighted by molar-refractivity contribution is 5.76. The lowest BCUT2D eigenvalue weighted by atomic mass is 10.2. The SMILES string of the molecule is CCCNCCNC(=O)CC1CCCO1. The molecule has 0 aromatic rings. The van der Waals surface area contributed by atoms with E-state index in [1.54, 1.807) is 0 Å². The fourth-order valence-electron chi connectivity index (χ4n) is 1.68. The summed E-state index contributed by atoms with van der Waals surface area (Å²) in [4.78, 5) is 11.4. The highest BCUT2D eigenvalue weighted by Gasteiger charge is 2.18. The molecule has 1 unspecified atom stereocenters. The Bertz CT molecular complexity index is 179. The van der Waals surface area contributed by atoms with E-state index in [-0.39, 0.29) is 12.0 Å². The summed E-state index contributed by atoms with van der Waals surface area (Å²) in [6, 6.07) is 0. The largest absolute Gasteiger partial charge is 0.378 e. The number of ether oxygens (including phenoxy) is 1. The van der Waals surface area contributed by atoms with Gasteiger partial charge in [-0.1, -0.05) is 6.92 Å². The van der Waals surface area contributed by atoms with Crippen LogP contribution in [0.3, 0.4) is 0 Å². The van der Waals surface area contributed by atoms with Crippen molar-refractivity contribution in [3.63, 3.8) is 0 Å². The van der Waals surface area contributed by atoms with Crippen LogP contribution in [0.4, 0.5) is 0 Å². The summed E-state index contributed by atoms with van der Waals surface area (Å²) >= 11 is 0. The van der Waals surface area contributed by atoms with Gasteiger partial charge >= 0.3 is 0 Å². The van der Waals surface area contributed by atoms with Crippen molar-refractivity contribution < 1.29 is 9.53 Å². The molecule has 0 radical (unpaired) electrons. The van der Waals surface area contributed by atoms with E-state index >= 15 is 0 Å². The lowest BCUT2D eigenvalue weighted by Crippen LogP contribution is -2.33. The van der Waals surface area contributed by atoms with Gasteiger partial charge in [0.15, 0.2) is 0 Å². The summed E-state index contributed by atoms with van der Waals surface area (Å²) in [6.07, 6.45) is 3.93. The Hall–Kier alpha value is -0.610. The molecule has 1 rings (SSSR count). The van der Waals surface area contributed by atoms with Crippen molar-refractivity contribution >= 4 is 5.91 Å². The van der Waals surface area contributed by atoms with Crippen LogP contribution in [-0.4, -0.2) is 38.3 Å². The molecular weight excluding hydrogens is 192 g/mol. The molecule has 0 aromatic heterocycles. The van der Waals surface area contributed by atoms with Gasteiger partial charge in [-0.2, -0.15) is 0 Å². The first kappa shape index (κ1) is 12.5. The number of nitrogens with one attached hydrogen (secondary N) is 2. The molecule has 0 aliphatic carbocycles. The zero-order valence-corrected chi connectivity index (χ0v) is 9.55. The lowest BCUT2D eigenvalue weighted by molar-refractivity contribution is -0.123. The van der Waals surface area contributed by atoms with Gasteiger partial charge in [0.1, 0.15) is 0 Å². The van der Waals surface area contributed by atoms with Crippen LogP contribution < -0.4 is 10.6 Å². The van der Waals surface area contributed by atoms with Gasteiger partial charge in [0.05, 0.1) is 12.5 Å². The summed E-state index contributed by atoms with van der Waals surface area (Å²) in [5.74, 6) is 0.111. The van der Waals surface area contributed by atoms with Crippen molar-refractivity contribution in [2.45, 2.75) is 38.7 Å². The maximum Gasteiger partial charge on any atom is 0.222 e. The summed E-state index contributed by atoms with van der Waals surface area (Å²) in [5, 5.41) is 6.13. The molecule has 1 amide bonds. The molecule has 0 aromatic carbocycles. The summed E-state index contributed by atoms with van der Waals surface area (Å²) in [6.45, 7) is 5.53. The molecule has 1 atom stereocenters. The topological polar surface area (TPSA) is 50.4 Å². The van der Waals surface area contributed by atoms with E-state index in [0.29, 0.717) is 13.0 Å². The normalized spacial score (nSPS) is 20.5. The van der Waals surface area contributed by atoms with Gasteiger partial charge in [0.2, 0.25) is 5.91 Å². The molecule has 88 valence electrons. The van der Waals surface area contributed by atoms with Crippen LogP contribution >= 0.6 is 0 Å². The maximum absolute atomic E-state index is 11.4. The second-order valence-electron chi connectivity index (χ2n) is 3.94. The Morgan fingerprint density at radius 1 is 1.40 bits per heavy atom. The second-order valence-corrected chi connectivity index (χ2v) is 3.94. The van der Waals surface area contributed by atoms with Gasteiger partial charge in [0, 0.05) is 19.7 Å². The highest BCUT2D eigenvalue weighted by Crippen LogP contribution is 2.14. The van der Waals surface area contributed by atoms with Gasteiger partial charge in [-0.15, -0.1) is 0 Å². The van der Waals surface area contributed by atoms with Crippen molar-refractivity contribution in [1.29, 1.82) is 0 Å². The first-order valence-corrected chi connectivity index (χ1v) is 5.92. The number of hydrogen-bond acceptors (Lipinski definition) is 3. The first-order valence-electron chi connectivity index (χ1n) is 5.92. The Morgan fingerprint density at radius 2 is 2.27 bits per heavy atom.